The number of amides is 2. The van der Waals surface area contributed by atoms with Crippen molar-refractivity contribution in [2.24, 2.45) is 0 Å². The standard InChI is InChI=1S/C19H18ClFN2O3/c1-12-10-23(16-5-3-2-4-14(16)20)19(26)11-22(12)18(25)9-13-6-7-17(24)15(21)8-13/h2-8,12,24H,9-11H2,1H3. The second-order valence-corrected chi connectivity index (χ2v) is 6.70. The van der Waals surface area contributed by atoms with Gasteiger partial charge in [0.2, 0.25) is 11.8 Å². The van der Waals surface area contributed by atoms with E-state index in [-0.39, 0.29) is 30.8 Å². The van der Waals surface area contributed by atoms with Crippen LogP contribution in [0.2, 0.25) is 5.02 Å². The minimum absolute atomic E-state index is 0.0408. The van der Waals surface area contributed by atoms with Crippen molar-refractivity contribution in [3.05, 3.63) is 58.9 Å². The van der Waals surface area contributed by atoms with E-state index in [1.54, 1.807) is 29.2 Å². The Bertz CT molecular complexity index is 858. The van der Waals surface area contributed by atoms with Crippen LogP contribution in [0.1, 0.15) is 12.5 Å². The van der Waals surface area contributed by atoms with Crippen molar-refractivity contribution in [3.63, 3.8) is 0 Å². The van der Waals surface area contributed by atoms with Crippen LogP contribution < -0.4 is 4.90 Å². The number of phenols is 1. The number of rotatable bonds is 3. The van der Waals surface area contributed by atoms with E-state index in [9.17, 15) is 19.1 Å². The molecule has 5 nitrogen and oxygen atoms in total. The Morgan fingerprint density at radius 2 is 2.04 bits per heavy atom. The molecule has 1 fully saturated rings. The number of halogens is 2. The van der Waals surface area contributed by atoms with Crippen LogP contribution >= 0.6 is 11.6 Å². The van der Waals surface area contributed by atoms with E-state index in [2.05, 4.69) is 0 Å². The molecule has 0 aromatic heterocycles. The van der Waals surface area contributed by atoms with Crippen LogP contribution in [0.25, 0.3) is 0 Å². The summed E-state index contributed by atoms with van der Waals surface area (Å²) in [6.07, 6.45) is -0.0408. The topological polar surface area (TPSA) is 60.9 Å². The molecule has 2 amide bonds. The molecule has 0 aliphatic carbocycles. The molecule has 2 aromatic carbocycles. The molecule has 1 saturated heterocycles. The smallest absolute Gasteiger partial charge is 0.246 e. The van der Waals surface area contributed by atoms with Crippen LogP contribution in [-0.4, -0.2) is 41.0 Å². The van der Waals surface area contributed by atoms with Gasteiger partial charge in [-0.15, -0.1) is 0 Å². The average Bonchev–Trinajstić information content (AvgIpc) is 2.60. The number of phenolic OH excluding ortho intramolecular Hbond substituents is 1. The Morgan fingerprint density at radius 1 is 1.31 bits per heavy atom. The summed E-state index contributed by atoms with van der Waals surface area (Å²) in [4.78, 5) is 28.2. The lowest BCUT2D eigenvalue weighted by Gasteiger charge is -2.39. The summed E-state index contributed by atoms with van der Waals surface area (Å²) in [7, 11) is 0. The third-order valence-electron chi connectivity index (χ3n) is 4.42. The first-order valence-electron chi connectivity index (χ1n) is 8.18. The fourth-order valence-electron chi connectivity index (χ4n) is 3.03. The molecule has 3 rings (SSSR count). The van der Waals surface area contributed by atoms with Gasteiger partial charge in [0.25, 0.3) is 0 Å². The van der Waals surface area contributed by atoms with Crippen molar-refractivity contribution in [1.82, 2.24) is 4.90 Å². The third-order valence-corrected chi connectivity index (χ3v) is 4.74. The molecule has 26 heavy (non-hydrogen) atoms. The van der Waals surface area contributed by atoms with E-state index in [4.69, 9.17) is 11.6 Å². The van der Waals surface area contributed by atoms with Crippen molar-refractivity contribution in [2.75, 3.05) is 18.0 Å². The van der Waals surface area contributed by atoms with E-state index >= 15 is 0 Å². The Labute approximate surface area is 155 Å². The van der Waals surface area contributed by atoms with Crippen LogP contribution in [0.4, 0.5) is 10.1 Å². The summed E-state index contributed by atoms with van der Waals surface area (Å²) in [5, 5.41) is 9.71. The van der Waals surface area contributed by atoms with Gasteiger partial charge in [-0.05, 0) is 36.8 Å². The molecule has 0 radical (unpaired) electrons. The Hall–Kier alpha value is -2.60. The van der Waals surface area contributed by atoms with Gasteiger partial charge < -0.3 is 14.9 Å². The summed E-state index contributed by atoms with van der Waals surface area (Å²) in [6, 6.07) is 10.7. The zero-order chi connectivity index (χ0) is 18.8. The minimum atomic E-state index is -0.775. The minimum Gasteiger partial charge on any atom is -0.505 e. The molecule has 136 valence electrons. The largest absolute Gasteiger partial charge is 0.505 e. The van der Waals surface area contributed by atoms with Gasteiger partial charge in [-0.2, -0.15) is 0 Å². The number of hydrogen-bond donors (Lipinski definition) is 1. The van der Waals surface area contributed by atoms with Gasteiger partial charge in [0.05, 0.1) is 17.1 Å². The average molecular weight is 377 g/mol. The van der Waals surface area contributed by atoms with E-state index in [1.165, 1.54) is 17.0 Å². The highest BCUT2D eigenvalue weighted by Crippen LogP contribution is 2.28. The fourth-order valence-corrected chi connectivity index (χ4v) is 3.26. The van der Waals surface area contributed by atoms with Crippen LogP contribution in [0, 0.1) is 5.82 Å². The van der Waals surface area contributed by atoms with Crippen molar-refractivity contribution < 1.29 is 19.1 Å². The predicted molar refractivity (Wildman–Crippen MR) is 96.7 cm³/mol. The van der Waals surface area contributed by atoms with E-state index in [0.29, 0.717) is 22.8 Å². The number of aromatic hydroxyl groups is 1. The lowest BCUT2D eigenvalue weighted by Crippen LogP contribution is -2.57. The van der Waals surface area contributed by atoms with Crippen LogP contribution in [0.3, 0.4) is 0 Å². The molecule has 1 unspecified atom stereocenters. The van der Waals surface area contributed by atoms with E-state index < -0.39 is 11.6 Å². The summed E-state index contributed by atoms with van der Waals surface area (Å²) in [6.45, 7) is 2.12. The molecule has 1 aliphatic heterocycles. The van der Waals surface area contributed by atoms with Gasteiger partial charge in [-0.1, -0.05) is 29.8 Å². The van der Waals surface area contributed by atoms with E-state index in [0.717, 1.165) is 6.07 Å². The number of anilines is 1. The molecule has 0 saturated carbocycles. The Balaban J connectivity index is 1.73. The van der Waals surface area contributed by atoms with Crippen LogP contribution in [0.15, 0.2) is 42.5 Å². The molecule has 7 heteroatoms. The number of para-hydroxylation sites is 1. The summed E-state index contributed by atoms with van der Waals surface area (Å²) in [5.74, 6) is -1.72. The van der Waals surface area contributed by atoms with Crippen LogP contribution in [-0.2, 0) is 16.0 Å². The highest BCUT2D eigenvalue weighted by atomic mass is 35.5. The third kappa shape index (κ3) is 3.65. The maximum atomic E-state index is 13.4. The predicted octanol–water partition coefficient (Wildman–Crippen LogP) is 2.99. The number of carbonyl (C=O) groups excluding carboxylic acids is 2. The van der Waals surface area contributed by atoms with Crippen molar-refractivity contribution in [2.45, 2.75) is 19.4 Å². The molecular weight excluding hydrogens is 359 g/mol. The summed E-state index contributed by atoms with van der Waals surface area (Å²) in [5.41, 5.74) is 1.07. The molecule has 1 N–H and O–H groups in total. The monoisotopic (exact) mass is 376 g/mol. The zero-order valence-corrected chi connectivity index (χ0v) is 14.9. The first-order chi connectivity index (χ1) is 12.4. The highest BCUT2D eigenvalue weighted by molar-refractivity contribution is 6.33. The maximum Gasteiger partial charge on any atom is 0.246 e. The highest BCUT2D eigenvalue weighted by Gasteiger charge is 2.33. The SMILES string of the molecule is CC1CN(c2ccccc2Cl)C(=O)CN1C(=O)Cc1ccc(O)c(F)c1. The lowest BCUT2D eigenvalue weighted by atomic mass is 10.1. The second kappa shape index (κ2) is 7.33. The van der Waals surface area contributed by atoms with Gasteiger partial charge in [-0.25, -0.2) is 4.39 Å². The van der Waals surface area contributed by atoms with Gasteiger partial charge in [-0.3, -0.25) is 9.59 Å². The van der Waals surface area contributed by atoms with E-state index in [1.807, 2.05) is 6.92 Å². The van der Waals surface area contributed by atoms with Crippen molar-refractivity contribution >= 4 is 29.1 Å². The molecule has 1 heterocycles. The second-order valence-electron chi connectivity index (χ2n) is 6.29. The first kappa shape index (κ1) is 18.2. The molecule has 0 spiro atoms. The molecule has 0 bridgehead atoms. The van der Waals surface area contributed by atoms with Crippen LogP contribution in [0.5, 0.6) is 5.75 Å². The van der Waals surface area contributed by atoms with Gasteiger partial charge in [0.15, 0.2) is 11.6 Å². The van der Waals surface area contributed by atoms with Gasteiger partial charge in [0.1, 0.15) is 6.54 Å². The summed E-state index contributed by atoms with van der Waals surface area (Å²) < 4.78 is 13.4. The maximum absolute atomic E-state index is 13.4. The number of carbonyl (C=O) groups is 2. The number of nitrogens with zero attached hydrogens (tertiary/aromatic N) is 2. The normalized spacial score (nSPS) is 17.5. The molecular formula is C19H18ClFN2O3. The Kier molecular flexibility index (Phi) is 5.13. The number of benzene rings is 2. The van der Waals surface area contributed by atoms with Gasteiger partial charge in [0, 0.05) is 12.6 Å². The number of piperazine rings is 1. The summed E-state index contributed by atoms with van der Waals surface area (Å²) >= 11 is 6.17. The quantitative estimate of drug-likeness (QED) is 0.895. The Morgan fingerprint density at radius 3 is 2.73 bits per heavy atom. The molecule has 1 aliphatic rings. The van der Waals surface area contributed by atoms with Crippen molar-refractivity contribution in [1.29, 1.82) is 0 Å². The van der Waals surface area contributed by atoms with Crippen molar-refractivity contribution in [3.8, 4) is 5.75 Å². The fraction of sp³-hybridized carbons (Fsp3) is 0.263. The molecule has 1 atom stereocenters. The number of hydrogen-bond acceptors (Lipinski definition) is 3. The first-order valence-corrected chi connectivity index (χ1v) is 8.56. The zero-order valence-electron chi connectivity index (χ0n) is 14.2. The lowest BCUT2D eigenvalue weighted by molar-refractivity contribution is -0.138. The van der Waals surface area contributed by atoms with Gasteiger partial charge >= 0.3 is 0 Å². The molecule has 2 aromatic rings.